The molecule has 0 saturated heterocycles. The van der Waals surface area contributed by atoms with Gasteiger partial charge in [0.05, 0.1) is 16.8 Å². The normalized spacial score (nSPS) is 12.9. The van der Waals surface area contributed by atoms with Gasteiger partial charge in [0.15, 0.2) is 0 Å². The topological polar surface area (TPSA) is 21.8 Å². The van der Waals surface area contributed by atoms with Crippen LogP contribution in [0.4, 0.5) is 62.6 Å². The van der Waals surface area contributed by atoms with E-state index < -0.39 is 5.41 Å². The molecular formula is C144H100N4. The molecule has 696 valence electrons. The summed E-state index contributed by atoms with van der Waals surface area (Å²) in [5, 5.41) is 19.0. The van der Waals surface area contributed by atoms with Crippen LogP contribution in [0, 0.1) is 0 Å². The highest BCUT2D eigenvalue weighted by atomic mass is 15.2. The fourth-order valence-corrected chi connectivity index (χ4v) is 25.1. The van der Waals surface area contributed by atoms with Crippen molar-refractivity contribution in [2.24, 2.45) is 0 Å². The lowest BCUT2D eigenvalue weighted by Crippen LogP contribution is -2.28. The third kappa shape index (κ3) is 14.6. The summed E-state index contributed by atoms with van der Waals surface area (Å²) in [4.78, 5) is 7.23. The van der Waals surface area contributed by atoms with Gasteiger partial charge in [0.1, 0.15) is 0 Å². The van der Waals surface area contributed by atoms with Gasteiger partial charge in [0.2, 0.25) is 0 Å². The van der Waals surface area contributed by atoms with Gasteiger partial charge in [0.25, 0.3) is 0 Å². The standard InChI is InChI=1S/C54H37N.C48H35N.C42H28N2/c1-4-17-42(18-5-1)54(43-19-6-2-7-20-43)51-25-11-10-23-47(51)48-33-32-46(36-52(48)54)55(44-21-8-3-9-22-44)45-30-28-37(29-31-45)39-26-27-40-34-41-16-12-14-38-15-13-24-49(53(38)41)50(40)35-39;1-48(2)44-18-6-5-16-40(44)41-27-26-38(30-45(41)48)49(46-19-9-11-32-10-3-4-15-39(32)46)37-24-22-31(23-25-37)34-20-21-35-28-36-14-7-12-33-13-8-17-42(47(33)36)43(35)29-34;1-2-11-31-27-33(24-19-28(31)9-1)44(41-18-7-12-29-10-3-4-13-35(29)41)32-22-20-30(21-23-32)34-25-26-40-42-37(34)15-8-16-38(42)36-14-5-6-17-39(36)43-40/h1-33,35-36H,34H2;3-27,29-30H,28H2,1-2H3;1-27,43H. The summed E-state index contributed by atoms with van der Waals surface area (Å²) in [6, 6.07) is 199. The minimum atomic E-state index is -0.464. The number of anilines is 11. The van der Waals surface area contributed by atoms with E-state index in [4.69, 9.17) is 0 Å². The van der Waals surface area contributed by atoms with Crippen molar-refractivity contribution in [1.29, 1.82) is 0 Å². The summed E-state index contributed by atoms with van der Waals surface area (Å²) < 4.78 is 0. The van der Waals surface area contributed by atoms with Crippen molar-refractivity contribution < 1.29 is 0 Å². The summed E-state index contributed by atoms with van der Waals surface area (Å²) in [6.45, 7) is 4.71. The molecule has 4 nitrogen and oxygen atoms in total. The SMILES string of the molecule is CC1(C)c2ccccc2-c2ccc(N(c3ccc(-c4ccc5c(c4)-c4cccc6cccc(c46)C5)cc3)c3cccc4ccccc34)cc21.c1ccc(N(c2ccc(-c3ccc4c(c3)-c3cccc5cccc(c35)C4)cc2)c2ccc3c(c2)C(c2ccccc2)(c2ccccc2)c2ccccc2-3)cc1.c1ccc2c(c1)Nc1ccc(-c3ccc(N(c4ccc5ccccc5c4)c4cccc5ccccc45)cc3)c3cccc-2c13. The summed E-state index contributed by atoms with van der Waals surface area (Å²) >= 11 is 0. The molecule has 1 aliphatic heterocycles. The summed E-state index contributed by atoms with van der Waals surface area (Å²) in [6.07, 6.45) is 1.95. The number of hydrogen-bond donors (Lipinski definition) is 1. The molecule has 0 saturated carbocycles. The zero-order valence-electron chi connectivity index (χ0n) is 82.1. The highest BCUT2D eigenvalue weighted by molar-refractivity contribution is 6.16. The van der Waals surface area contributed by atoms with E-state index in [1.807, 2.05) is 0 Å². The Bertz CT molecular complexity index is 9540. The molecule has 1 N–H and O–H groups in total. The van der Waals surface area contributed by atoms with Crippen LogP contribution >= 0.6 is 0 Å². The first-order valence-corrected chi connectivity index (χ1v) is 51.6. The van der Waals surface area contributed by atoms with Crippen molar-refractivity contribution in [1.82, 2.24) is 0 Å². The predicted molar refractivity (Wildman–Crippen MR) is 625 cm³/mol. The Morgan fingerprint density at radius 1 is 0.182 bits per heavy atom. The maximum absolute atomic E-state index is 3.66. The Kier molecular flexibility index (Phi) is 21.0. The van der Waals surface area contributed by atoms with Crippen molar-refractivity contribution in [3.63, 3.8) is 0 Å². The van der Waals surface area contributed by atoms with Crippen LogP contribution in [0.2, 0.25) is 0 Å². The number of hydrogen-bond acceptors (Lipinski definition) is 4. The van der Waals surface area contributed by atoms with Gasteiger partial charge in [-0.2, -0.15) is 0 Å². The lowest BCUT2D eigenvalue weighted by atomic mass is 9.67. The molecule has 30 rings (SSSR count). The van der Waals surface area contributed by atoms with Crippen LogP contribution < -0.4 is 20.0 Å². The quantitative estimate of drug-likeness (QED) is 0.117. The average Bonchev–Trinajstić information content (AvgIpc) is 1.54. The fraction of sp³-hybridized carbons (Fsp3) is 0.0417. The molecule has 4 aliphatic carbocycles. The lowest BCUT2D eigenvalue weighted by Gasteiger charge is -2.35. The second kappa shape index (κ2) is 35.7. The molecule has 25 aromatic rings. The molecule has 1 heterocycles. The zero-order chi connectivity index (χ0) is 98.1. The Morgan fingerprint density at radius 2 is 0.554 bits per heavy atom. The number of rotatable bonds is 14. The van der Waals surface area contributed by atoms with Crippen LogP contribution in [0.5, 0.6) is 0 Å². The molecule has 25 aromatic carbocycles. The summed E-state index contributed by atoms with van der Waals surface area (Å²) in [5.41, 5.74) is 46.1. The van der Waals surface area contributed by atoms with Crippen LogP contribution in [-0.2, 0) is 23.7 Å². The van der Waals surface area contributed by atoms with Crippen molar-refractivity contribution in [2.75, 3.05) is 20.0 Å². The van der Waals surface area contributed by atoms with E-state index in [0.29, 0.717) is 0 Å². The summed E-state index contributed by atoms with van der Waals surface area (Å²) in [7, 11) is 0. The highest BCUT2D eigenvalue weighted by Gasteiger charge is 2.47. The molecule has 148 heavy (non-hydrogen) atoms. The van der Waals surface area contributed by atoms with E-state index in [1.54, 1.807) is 0 Å². The minimum Gasteiger partial charge on any atom is -0.354 e. The van der Waals surface area contributed by atoms with Crippen LogP contribution in [0.15, 0.2) is 540 Å². The number of para-hydroxylation sites is 2. The van der Waals surface area contributed by atoms with E-state index in [0.717, 1.165) is 64.0 Å². The number of fused-ring (bicyclic) bond motifs is 15. The number of benzene rings is 25. The maximum atomic E-state index is 3.66. The molecule has 5 aliphatic rings. The second-order valence-electron chi connectivity index (χ2n) is 40.5. The molecular weight excluding hydrogens is 1790 g/mol. The number of nitrogens with zero attached hydrogens (tertiary/aromatic N) is 3. The van der Waals surface area contributed by atoms with Crippen LogP contribution in [0.1, 0.15) is 69.5 Å². The smallest absolute Gasteiger partial charge is 0.0714 e. The van der Waals surface area contributed by atoms with Crippen molar-refractivity contribution >= 4 is 127 Å². The van der Waals surface area contributed by atoms with Gasteiger partial charge in [-0.1, -0.05) is 432 Å². The van der Waals surface area contributed by atoms with Crippen molar-refractivity contribution in [2.45, 2.75) is 37.5 Å². The number of nitrogens with one attached hydrogen (secondary N) is 1. The van der Waals surface area contributed by atoms with Gasteiger partial charge in [-0.3, -0.25) is 0 Å². The van der Waals surface area contributed by atoms with E-state index in [9.17, 15) is 0 Å². The van der Waals surface area contributed by atoms with Gasteiger partial charge >= 0.3 is 0 Å². The van der Waals surface area contributed by atoms with Crippen LogP contribution in [-0.4, -0.2) is 0 Å². The van der Waals surface area contributed by atoms with E-state index >= 15 is 0 Å². The average molecular weight is 1890 g/mol. The molecule has 0 amide bonds. The predicted octanol–water partition coefficient (Wildman–Crippen LogP) is 38.9. The Morgan fingerprint density at radius 3 is 1.14 bits per heavy atom. The first-order chi connectivity index (χ1) is 73.1. The molecule has 0 aromatic heterocycles. The van der Waals surface area contributed by atoms with Gasteiger partial charge < -0.3 is 20.0 Å². The van der Waals surface area contributed by atoms with Gasteiger partial charge in [-0.05, 0) is 322 Å². The first-order valence-electron chi connectivity index (χ1n) is 51.6. The summed E-state index contributed by atoms with van der Waals surface area (Å²) in [5.74, 6) is 0. The van der Waals surface area contributed by atoms with Crippen molar-refractivity contribution in [3.8, 4) is 89.0 Å². The second-order valence-corrected chi connectivity index (χ2v) is 40.5. The Hall–Kier alpha value is -18.7. The van der Waals surface area contributed by atoms with Crippen molar-refractivity contribution in [3.05, 3.63) is 596 Å². The molecule has 0 spiro atoms. The Balaban J connectivity index is 0.000000108. The van der Waals surface area contributed by atoms with Crippen LogP contribution in [0.25, 0.3) is 154 Å². The molecule has 0 bridgehead atoms. The largest absolute Gasteiger partial charge is 0.354 e. The van der Waals surface area contributed by atoms with E-state index in [-0.39, 0.29) is 5.41 Å². The molecule has 0 fully saturated rings. The van der Waals surface area contributed by atoms with Gasteiger partial charge in [-0.25, -0.2) is 0 Å². The minimum absolute atomic E-state index is 0.0759. The third-order valence-electron chi connectivity index (χ3n) is 32.0. The molecule has 0 unspecified atom stereocenters. The fourth-order valence-electron chi connectivity index (χ4n) is 25.1. The molecule has 4 heteroatoms. The molecule has 0 radical (unpaired) electrons. The highest BCUT2D eigenvalue weighted by Crippen LogP contribution is 2.60. The Labute approximate surface area is 863 Å². The third-order valence-corrected chi connectivity index (χ3v) is 32.0. The first kappa shape index (κ1) is 87.1. The van der Waals surface area contributed by atoms with E-state index in [1.165, 1.54) is 221 Å². The van der Waals surface area contributed by atoms with Crippen LogP contribution in [0.3, 0.4) is 0 Å². The maximum Gasteiger partial charge on any atom is 0.0714 e. The van der Waals surface area contributed by atoms with Gasteiger partial charge in [-0.15, -0.1) is 0 Å². The van der Waals surface area contributed by atoms with Gasteiger partial charge in [0, 0.05) is 78.3 Å². The lowest BCUT2D eigenvalue weighted by molar-refractivity contribution is 0.660. The monoisotopic (exact) mass is 1880 g/mol. The molecule has 0 atom stereocenters. The van der Waals surface area contributed by atoms with E-state index in [2.05, 4.69) is 574 Å². The zero-order valence-corrected chi connectivity index (χ0v) is 82.1.